The fourth-order valence-corrected chi connectivity index (χ4v) is 3.72. The molecule has 4 nitrogen and oxygen atoms in total. The fourth-order valence-electron chi connectivity index (χ4n) is 3.72. The van der Waals surface area contributed by atoms with Gasteiger partial charge in [0.2, 0.25) is 0 Å². The number of hydrogen-bond acceptors (Lipinski definition) is 4. The number of rotatable bonds is 14. The molecule has 0 fully saturated rings. The number of phenolic OH excluding ortho intramolecular Hbond substituents is 1. The van der Waals surface area contributed by atoms with E-state index >= 15 is 0 Å². The molecule has 42 heavy (non-hydrogen) atoms. The van der Waals surface area contributed by atoms with Gasteiger partial charge in [-0.15, -0.1) is 13.2 Å². The molecule has 0 amide bonds. The van der Waals surface area contributed by atoms with Crippen molar-refractivity contribution in [2.75, 3.05) is 13.6 Å². The van der Waals surface area contributed by atoms with E-state index < -0.39 is 18.3 Å². The lowest BCUT2D eigenvalue weighted by Gasteiger charge is -2.29. The first-order valence-corrected chi connectivity index (χ1v) is 15.4. The van der Waals surface area contributed by atoms with E-state index in [1.54, 1.807) is 6.92 Å². The number of benzene rings is 1. The number of ether oxygens (including phenoxy) is 1. The van der Waals surface area contributed by atoms with Crippen molar-refractivity contribution in [3.63, 3.8) is 0 Å². The van der Waals surface area contributed by atoms with Gasteiger partial charge in [-0.05, 0) is 58.2 Å². The molecule has 0 saturated heterocycles. The summed E-state index contributed by atoms with van der Waals surface area (Å²) in [6.45, 7) is 20.5. The predicted octanol–water partition coefficient (Wildman–Crippen LogP) is 11.0. The van der Waals surface area contributed by atoms with Crippen LogP contribution in [0.1, 0.15) is 119 Å². The Hall–Kier alpha value is -2.48. The van der Waals surface area contributed by atoms with Gasteiger partial charge in [0, 0.05) is 23.9 Å². The van der Waals surface area contributed by atoms with Crippen LogP contribution in [0.3, 0.4) is 0 Å². The Morgan fingerprint density at radius 1 is 1.05 bits per heavy atom. The zero-order chi connectivity index (χ0) is 33.3. The molecule has 0 radical (unpaired) electrons. The summed E-state index contributed by atoms with van der Waals surface area (Å²) >= 11 is 0. The third-order valence-electron chi connectivity index (χ3n) is 6.19. The maximum absolute atomic E-state index is 12.7. The van der Waals surface area contributed by atoms with Crippen LogP contribution in [0, 0.1) is 5.92 Å². The zero-order valence-electron chi connectivity index (χ0n) is 28.1. The molecule has 3 N–H and O–H groups in total. The van der Waals surface area contributed by atoms with E-state index in [0.717, 1.165) is 36.8 Å². The largest absolute Gasteiger partial charge is 0.573 e. The van der Waals surface area contributed by atoms with Gasteiger partial charge in [-0.3, -0.25) is 4.90 Å². The molecular weight excluding hydrogens is 544 g/mol. The molecule has 1 rings (SSSR count). The number of allylic oxidation sites excluding steroid dienone is 4. The maximum Gasteiger partial charge on any atom is 0.573 e. The number of alkyl halides is 4. The summed E-state index contributed by atoms with van der Waals surface area (Å²) in [6, 6.07) is 3.27. The van der Waals surface area contributed by atoms with Crippen LogP contribution in [-0.4, -0.2) is 36.1 Å². The highest BCUT2D eigenvalue weighted by molar-refractivity contribution is 5.44. The van der Waals surface area contributed by atoms with E-state index in [-0.39, 0.29) is 11.8 Å². The molecule has 0 aromatic heterocycles. The molecule has 0 spiro atoms. The molecule has 0 heterocycles. The van der Waals surface area contributed by atoms with Crippen molar-refractivity contribution in [1.29, 1.82) is 0 Å². The lowest BCUT2D eigenvalue weighted by molar-refractivity contribution is -0.274. The minimum Gasteiger partial charge on any atom is -0.507 e. The van der Waals surface area contributed by atoms with Crippen molar-refractivity contribution in [3.05, 3.63) is 59.3 Å². The first-order chi connectivity index (χ1) is 19.7. The number of aromatic hydroxyl groups is 1. The standard InChI is InChI=1S/C20H27F3N2O2.C10H21F.2C2H6/c1-5-6-7-8-14(2)19(25(4)12-11-15(3)24)17-10-9-16(13-18(17)26)27-20(21,22)23;1-4-9(3)7-6-8-10(11)5-2;2*1-2/h6-11,13,19,26H,5,12,24H2,1-4H3;9-10H,4-8H2,1-3H3;2*1-2H3/b7-6-,14-8+,15-11+;;;. The van der Waals surface area contributed by atoms with Crippen LogP contribution in [-0.2, 0) is 0 Å². The number of nitrogens with two attached hydrogens (primary N) is 1. The highest BCUT2D eigenvalue weighted by Crippen LogP contribution is 2.37. The van der Waals surface area contributed by atoms with Crippen LogP contribution in [0.25, 0.3) is 0 Å². The van der Waals surface area contributed by atoms with Crippen LogP contribution in [0.2, 0.25) is 0 Å². The monoisotopic (exact) mass is 604 g/mol. The Kier molecular flexibility index (Phi) is 27.4. The predicted molar refractivity (Wildman–Crippen MR) is 172 cm³/mol. The Balaban J connectivity index is -0.000000847. The lowest BCUT2D eigenvalue weighted by atomic mass is 9.96. The number of hydrogen-bond donors (Lipinski definition) is 2. The topological polar surface area (TPSA) is 58.7 Å². The summed E-state index contributed by atoms with van der Waals surface area (Å²) in [5, 5.41) is 10.3. The Morgan fingerprint density at radius 2 is 1.64 bits per heavy atom. The first-order valence-electron chi connectivity index (χ1n) is 15.4. The Labute approximate surface area is 254 Å². The van der Waals surface area contributed by atoms with Gasteiger partial charge < -0.3 is 15.6 Å². The molecule has 0 aliphatic carbocycles. The van der Waals surface area contributed by atoms with Crippen LogP contribution in [0.4, 0.5) is 17.6 Å². The smallest absolute Gasteiger partial charge is 0.507 e. The summed E-state index contributed by atoms with van der Waals surface area (Å²) in [6.07, 6.45) is 8.10. The molecule has 8 heteroatoms. The lowest BCUT2D eigenvalue weighted by Crippen LogP contribution is -2.26. The minimum atomic E-state index is -4.81. The van der Waals surface area contributed by atoms with Gasteiger partial charge in [-0.1, -0.05) is 105 Å². The fraction of sp³-hybridized carbons (Fsp3) is 0.647. The van der Waals surface area contributed by atoms with Crippen LogP contribution < -0.4 is 10.5 Å². The van der Waals surface area contributed by atoms with Crippen molar-refractivity contribution in [2.45, 2.75) is 126 Å². The minimum absolute atomic E-state index is 0.269. The summed E-state index contributed by atoms with van der Waals surface area (Å²) < 4.78 is 53.7. The number of nitrogens with zero attached hydrogens (tertiary/aromatic N) is 1. The first kappa shape index (κ1) is 44.0. The molecule has 246 valence electrons. The molecule has 1 aromatic carbocycles. The summed E-state index contributed by atoms with van der Waals surface area (Å²) in [4.78, 5) is 1.95. The average molecular weight is 605 g/mol. The second-order valence-corrected chi connectivity index (χ2v) is 9.76. The third-order valence-corrected chi connectivity index (χ3v) is 6.19. The second kappa shape index (κ2) is 26.2. The summed E-state index contributed by atoms with van der Waals surface area (Å²) in [5.41, 5.74) is 7.76. The van der Waals surface area contributed by atoms with Gasteiger partial charge in [0.05, 0.1) is 12.2 Å². The van der Waals surface area contributed by atoms with E-state index in [9.17, 15) is 22.7 Å². The van der Waals surface area contributed by atoms with E-state index in [0.29, 0.717) is 24.2 Å². The molecule has 0 saturated carbocycles. The van der Waals surface area contributed by atoms with Gasteiger partial charge in [0.1, 0.15) is 11.5 Å². The van der Waals surface area contributed by atoms with Crippen molar-refractivity contribution in [1.82, 2.24) is 4.90 Å². The van der Waals surface area contributed by atoms with E-state index in [1.165, 1.54) is 25.0 Å². The summed E-state index contributed by atoms with van der Waals surface area (Å²) in [7, 11) is 1.85. The van der Waals surface area contributed by atoms with Crippen LogP contribution in [0.15, 0.2) is 53.8 Å². The van der Waals surface area contributed by atoms with Crippen molar-refractivity contribution >= 4 is 0 Å². The van der Waals surface area contributed by atoms with Gasteiger partial charge in [-0.2, -0.15) is 0 Å². The number of phenols is 1. The summed E-state index contributed by atoms with van der Waals surface area (Å²) in [5.74, 6) is 0.0451. The highest BCUT2D eigenvalue weighted by Gasteiger charge is 2.32. The third kappa shape index (κ3) is 22.2. The molecule has 1 aromatic rings. The molecule has 0 bridgehead atoms. The van der Waals surface area contributed by atoms with Gasteiger partial charge >= 0.3 is 6.36 Å². The van der Waals surface area contributed by atoms with Crippen LogP contribution >= 0.6 is 0 Å². The highest BCUT2D eigenvalue weighted by atomic mass is 19.4. The SMILES string of the molecule is CC.CC.CC/C=C\C=C(/C)C(c1ccc(OC(F)(F)F)cc1O)N(C)C/C=C(\C)N.CCC(C)CCCC(F)CC. The van der Waals surface area contributed by atoms with Gasteiger partial charge in [-0.25, -0.2) is 4.39 Å². The number of likely N-dealkylation sites (N-methyl/N-ethyl adjacent to an activating group) is 1. The maximum atomic E-state index is 12.7. The van der Waals surface area contributed by atoms with Crippen molar-refractivity contribution < 1.29 is 27.4 Å². The second-order valence-electron chi connectivity index (χ2n) is 9.76. The molecule has 3 unspecified atom stereocenters. The normalized spacial score (nSPS) is 14.1. The molecule has 3 atom stereocenters. The number of halogens is 4. The Bertz CT molecular complexity index is 869. The van der Waals surface area contributed by atoms with E-state index in [1.807, 2.05) is 84.7 Å². The zero-order valence-corrected chi connectivity index (χ0v) is 28.1. The molecular formula is C34H60F4N2O2. The molecule has 0 aliphatic rings. The average Bonchev–Trinajstić information content (AvgIpc) is 2.94. The Morgan fingerprint density at radius 3 is 2.10 bits per heavy atom. The van der Waals surface area contributed by atoms with E-state index in [4.69, 9.17) is 5.73 Å². The van der Waals surface area contributed by atoms with Gasteiger partial charge in [0.15, 0.2) is 0 Å². The van der Waals surface area contributed by atoms with E-state index in [2.05, 4.69) is 18.6 Å². The van der Waals surface area contributed by atoms with Crippen LogP contribution in [0.5, 0.6) is 11.5 Å². The quantitative estimate of drug-likeness (QED) is 0.164. The van der Waals surface area contributed by atoms with Crippen molar-refractivity contribution in [2.24, 2.45) is 11.7 Å². The van der Waals surface area contributed by atoms with Crippen molar-refractivity contribution in [3.8, 4) is 11.5 Å². The molecule has 0 aliphatic heterocycles. The van der Waals surface area contributed by atoms with Gasteiger partial charge in [0.25, 0.3) is 0 Å².